The first-order valence-corrected chi connectivity index (χ1v) is 13.3. The van der Waals surface area contributed by atoms with Gasteiger partial charge in [0.15, 0.2) is 0 Å². The molecule has 1 aliphatic heterocycles. The molecule has 2 N–H and O–H groups in total. The van der Waals surface area contributed by atoms with Crippen molar-refractivity contribution in [1.82, 2.24) is 14.9 Å². The number of halogens is 2. The summed E-state index contributed by atoms with van der Waals surface area (Å²) in [5.41, 5.74) is 3.18. The van der Waals surface area contributed by atoms with Gasteiger partial charge in [-0.3, -0.25) is 9.69 Å². The number of hydrogen-bond acceptors (Lipinski definition) is 5. The van der Waals surface area contributed by atoms with Crippen molar-refractivity contribution in [1.29, 1.82) is 0 Å². The highest BCUT2D eigenvalue weighted by molar-refractivity contribution is 14.1. The van der Waals surface area contributed by atoms with E-state index in [1.807, 2.05) is 18.2 Å². The second-order valence-corrected chi connectivity index (χ2v) is 11.2. The van der Waals surface area contributed by atoms with E-state index in [9.17, 15) is 4.79 Å². The summed E-state index contributed by atoms with van der Waals surface area (Å²) in [6.07, 6.45) is 3.97. The highest BCUT2D eigenvalue weighted by Gasteiger charge is 2.22. The van der Waals surface area contributed by atoms with Crippen LogP contribution in [0.1, 0.15) is 18.4 Å². The number of aromatic amines is 1. The summed E-state index contributed by atoms with van der Waals surface area (Å²) in [6, 6.07) is 15.2. The molecule has 1 fully saturated rings. The van der Waals surface area contributed by atoms with Crippen molar-refractivity contribution in [3.63, 3.8) is 0 Å². The number of rotatable bonds is 5. The Morgan fingerprint density at radius 3 is 2.76 bits per heavy atom. The molecule has 0 spiro atoms. The molecule has 2 aromatic heterocycles. The van der Waals surface area contributed by atoms with Crippen LogP contribution in [-0.2, 0) is 6.54 Å². The number of H-pyrrole nitrogens is 1. The van der Waals surface area contributed by atoms with Crippen molar-refractivity contribution in [2.75, 3.05) is 37.4 Å². The van der Waals surface area contributed by atoms with Crippen LogP contribution in [-0.4, -0.2) is 48.1 Å². The van der Waals surface area contributed by atoms with Gasteiger partial charge in [0.1, 0.15) is 5.82 Å². The Labute approximate surface area is 221 Å². The summed E-state index contributed by atoms with van der Waals surface area (Å²) in [7, 11) is 4.13. The molecule has 1 saturated heterocycles. The van der Waals surface area contributed by atoms with Gasteiger partial charge in [-0.25, -0.2) is 4.98 Å². The zero-order chi connectivity index (χ0) is 23.8. The van der Waals surface area contributed by atoms with Crippen molar-refractivity contribution in [3.05, 3.63) is 72.6 Å². The van der Waals surface area contributed by atoms with Crippen molar-refractivity contribution < 1.29 is 0 Å². The van der Waals surface area contributed by atoms with E-state index >= 15 is 0 Å². The van der Waals surface area contributed by atoms with Gasteiger partial charge < -0.3 is 15.2 Å². The van der Waals surface area contributed by atoms with E-state index in [0.717, 1.165) is 62.6 Å². The maximum absolute atomic E-state index is 12.7. The van der Waals surface area contributed by atoms with Crippen LogP contribution in [0.5, 0.6) is 0 Å². The summed E-state index contributed by atoms with van der Waals surface area (Å²) in [4.78, 5) is 25.1. The molecule has 4 aromatic rings. The van der Waals surface area contributed by atoms with Gasteiger partial charge in [0.05, 0.1) is 14.5 Å². The SMILES string of the molecule is CN(C)c1ccc(CN2CCC[C@H](Nc3nc4c(I)c[nH]c(=O)c4c4cc(Br)ccc34)C2)cc1. The number of nitrogens with zero attached hydrogens (tertiary/aromatic N) is 3. The van der Waals surface area contributed by atoms with Gasteiger partial charge in [-0.05, 0) is 77.9 Å². The van der Waals surface area contributed by atoms with Crippen molar-refractivity contribution in [3.8, 4) is 0 Å². The van der Waals surface area contributed by atoms with Gasteiger partial charge in [-0.15, -0.1) is 0 Å². The molecule has 176 valence electrons. The quantitative estimate of drug-likeness (QED) is 0.222. The number of benzene rings is 2. The number of hydrogen-bond donors (Lipinski definition) is 2. The van der Waals surface area contributed by atoms with Crippen LogP contribution in [0, 0.1) is 3.57 Å². The molecule has 0 saturated carbocycles. The number of aromatic nitrogens is 2. The Kier molecular flexibility index (Phi) is 6.81. The first kappa shape index (κ1) is 23.6. The van der Waals surface area contributed by atoms with E-state index in [1.165, 1.54) is 11.3 Å². The van der Waals surface area contributed by atoms with Crippen LogP contribution in [0.4, 0.5) is 11.5 Å². The molecular weight excluding hydrogens is 605 g/mol. The number of nitrogens with one attached hydrogen (secondary N) is 2. The molecule has 3 heterocycles. The summed E-state index contributed by atoms with van der Waals surface area (Å²) < 4.78 is 1.88. The van der Waals surface area contributed by atoms with E-state index in [1.54, 1.807) is 6.20 Å². The molecule has 0 bridgehead atoms. The van der Waals surface area contributed by atoms with Gasteiger partial charge in [-0.2, -0.15) is 0 Å². The monoisotopic (exact) mass is 631 g/mol. The normalized spacial score (nSPS) is 16.8. The number of piperidine rings is 1. The molecule has 2 aromatic carbocycles. The second kappa shape index (κ2) is 9.83. The molecule has 0 amide bonds. The summed E-state index contributed by atoms with van der Waals surface area (Å²) in [5, 5.41) is 6.25. The Bertz CT molecular complexity index is 1400. The Morgan fingerprint density at radius 2 is 2.00 bits per heavy atom. The zero-order valence-corrected chi connectivity index (χ0v) is 23.0. The average molecular weight is 632 g/mol. The van der Waals surface area contributed by atoms with E-state index < -0.39 is 0 Å². The van der Waals surface area contributed by atoms with Crippen molar-refractivity contribution in [2.24, 2.45) is 0 Å². The highest BCUT2D eigenvalue weighted by Crippen LogP contribution is 2.32. The second-order valence-electron chi connectivity index (χ2n) is 9.12. The molecule has 1 atom stereocenters. The number of likely N-dealkylation sites (tertiary alicyclic amines) is 1. The van der Waals surface area contributed by atoms with Gasteiger partial charge >= 0.3 is 0 Å². The molecule has 8 heteroatoms. The number of anilines is 2. The third-order valence-electron chi connectivity index (χ3n) is 6.46. The lowest BCUT2D eigenvalue weighted by molar-refractivity contribution is 0.208. The largest absolute Gasteiger partial charge is 0.378 e. The maximum atomic E-state index is 12.7. The minimum atomic E-state index is -0.110. The van der Waals surface area contributed by atoms with Crippen LogP contribution in [0.3, 0.4) is 0 Å². The van der Waals surface area contributed by atoms with Gasteiger partial charge in [0.2, 0.25) is 0 Å². The van der Waals surface area contributed by atoms with Crippen molar-refractivity contribution in [2.45, 2.75) is 25.4 Å². The fraction of sp³-hybridized carbons (Fsp3) is 0.308. The summed E-state index contributed by atoms with van der Waals surface area (Å²) in [6.45, 7) is 3.00. The molecule has 0 unspecified atom stereocenters. The lowest BCUT2D eigenvalue weighted by Gasteiger charge is -2.33. The standard InChI is InChI=1S/C26H27BrIN5O/c1-32(2)19-8-5-16(6-9-19)14-33-11-3-4-18(15-33)30-25-20-10-7-17(27)12-21(20)23-24(31-25)22(28)13-29-26(23)34/h5-10,12-13,18H,3-4,11,14-15H2,1-2H3,(H,29,34)(H,30,31)/t18-/m0/s1. The molecule has 0 radical (unpaired) electrons. The number of fused-ring (bicyclic) bond motifs is 3. The summed E-state index contributed by atoms with van der Waals surface area (Å²) in [5.74, 6) is 0.848. The Morgan fingerprint density at radius 1 is 1.21 bits per heavy atom. The van der Waals surface area contributed by atoms with Crippen LogP contribution in [0.2, 0.25) is 0 Å². The fourth-order valence-corrected chi connectivity index (χ4v) is 5.64. The third-order valence-corrected chi connectivity index (χ3v) is 7.77. The predicted molar refractivity (Wildman–Crippen MR) is 153 cm³/mol. The lowest BCUT2D eigenvalue weighted by Crippen LogP contribution is -2.41. The fourth-order valence-electron chi connectivity index (χ4n) is 4.74. The van der Waals surface area contributed by atoms with Crippen LogP contribution >= 0.6 is 38.5 Å². The smallest absolute Gasteiger partial charge is 0.258 e. The predicted octanol–water partition coefficient (Wildman–Crippen LogP) is 5.59. The Hall–Kier alpha value is -2.17. The van der Waals surface area contributed by atoms with Gasteiger partial charge in [-0.1, -0.05) is 28.1 Å². The highest BCUT2D eigenvalue weighted by atomic mass is 127. The number of pyridine rings is 2. The first-order valence-electron chi connectivity index (χ1n) is 11.4. The molecular formula is C26H27BrIN5O. The lowest BCUT2D eigenvalue weighted by atomic mass is 10.0. The van der Waals surface area contributed by atoms with Gasteiger partial charge in [0.25, 0.3) is 5.56 Å². The van der Waals surface area contributed by atoms with Crippen LogP contribution < -0.4 is 15.8 Å². The minimum absolute atomic E-state index is 0.110. The van der Waals surface area contributed by atoms with Gasteiger partial charge in [0, 0.05) is 60.4 Å². The molecule has 0 aliphatic carbocycles. The van der Waals surface area contributed by atoms with E-state index in [0.29, 0.717) is 11.4 Å². The van der Waals surface area contributed by atoms with Crippen LogP contribution in [0.15, 0.2) is 57.9 Å². The first-order chi connectivity index (χ1) is 16.4. The molecule has 34 heavy (non-hydrogen) atoms. The van der Waals surface area contributed by atoms with E-state index in [2.05, 4.69) is 97.0 Å². The van der Waals surface area contributed by atoms with E-state index in [-0.39, 0.29) is 5.56 Å². The molecule has 6 nitrogen and oxygen atoms in total. The van der Waals surface area contributed by atoms with E-state index in [4.69, 9.17) is 4.98 Å². The van der Waals surface area contributed by atoms with Crippen molar-refractivity contribution >= 4 is 71.7 Å². The Balaban J connectivity index is 1.42. The molecule has 5 rings (SSSR count). The summed E-state index contributed by atoms with van der Waals surface area (Å²) >= 11 is 5.81. The third kappa shape index (κ3) is 4.81. The van der Waals surface area contributed by atoms with Crippen LogP contribution in [0.25, 0.3) is 21.7 Å². The topological polar surface area (TPSA) is 64.3 Å². The average Bonchev–Trinajstić information content (AvgIpc) is 2.82. The maximum Gasteiger partial charge on any atom is 0.258 e. The molecule has 1 aliphatic rings. The zero-order valence-electron chi connectivity index (χ0n) is 19.2. The minimum Gasteiger partial charge on any atom is -0.378 e.